The molecule has 26 heavy (non-hydrogen) atoms. The van der Waals surface area contributed by atoms with Crippen molar-refractivity contribution >= 4 is 35.0 Å². The highest BCUT2D eigenvalue weighted by molar-refractivity contribution is 6.42. The van der Waals surface area contributed by atoms with E-state index in [1.54, 1.807) is 12.1 Å². The van der Waals surface area contributed by atoms with E-state index in [0.29, 0.717) is 34.5 Å². The summed E-state index contributed by atoms with van der Waals surface area (Å²) in [6.45, 7) is 1.70. The van der Waals surface area contributed by atoms with E-state index in [4.69, 9.17) is 27.6 Å². The van der Waals surface area contributed by atoms with Gasteiger partial charge in [0.1, 0.15) is 17.2 Å². The Morgan fingerprint density at radius 3 is 2.69 bits per heavy atom. The zero-order valence-electron chi connectivity index (χ0n) is 13.8. The van der Waals surface area contributed by atoms with Crippen LogP contribution in [-0.2, 0) is 6.42 Å². The number of hydrogen-bond donors (Lipinski definition) is 1. The smallest absolute Gasteiger partial charge is 0.270 e. The summed E-state index contributed by atoms with van der Waals surface area (Å²) in [6.07, 6.45) is 1.91. The van der Waals surface area contributed by atoms with Crippen LogP contribution in [0.1, 0.15) is 28.0 Å². The lowest BCUT2D eigenvalue weighted by Gasteiger charge is -2.05. The Labute approximate surface area is 159 Å². The quantitative estimate of drug-likeness (QED) is 0.710. The number of nitrogens with zero attached hydrogens (tertiary/aromatic N) is 2. The molecule has 0 fully saturated rings. The summed E-state index contributed by atoms with van der Waals surface area (Å²) in [5.41, 5.74) is 1.02. The second-order valence-corrected chi connectivity index (χ2v) is 6.36. The number of benzene rings is 1. The average molecular weight is 392 g/mol. The Hall–Kier alpha value is -2.57. The first-order chi connectivity index (χ1) is 12.5. The van der Waals surface area contributed by atoms with Crippen LogP contribution in [0.2, 0.25) is 10.0 Å². The van der Waals surface area contributed by atoms with Gasteiger partial charge < -0.3 is 9.73 Å². The van der Waals surface area contributed by atoms with Crippen LogP contribution in [0.3, 0.4) is 0 Å². The van der Waals surface area contributed by atoms with Gasteiger partial charge in [0.05, 0.1) is 16.2 Å². The van der Waals surface area contributed by atoms with Crippen LogP contribution in [0.4, 0.5) is 0 Å². The number of rotatable bonds is 5. The number of carbonyl (C=O) groups excluding carboxylic acids is 2. The Morgan fingerprint density at radius 2 is 1.96 bits per heavy atom. The van der Waals surface area contributed by atoms with Crippen LogP contribution in [0.5, 0.6) is 0 Å². The van der Waals surface area contributed by atoms with Gasteiger partial charge >= 0.3 is 0 Å². The van der Waals surface area contributed by atoms with Crippen molar-refractivity contribution in [2.75, 3.05) is 6.54 Å². The van der Waals surface area contributed by atoms with Crippen LogP contribution in [-0.4, -0.2) is 28.1 Å². The molecule has 8 heteroatoms. The van der Waals surface area contributed by atoms with E-state index in [-0.39, 0.29) is 17.5 Å². The van der Waals surface area contributed by atoms with Crippen molar-refractivity contribution in [1.29, 1.82) is 0 Å². The van der Waals surface area contributed by atoms with Crippen molar-refractivity contribution < 1.29 is 14.0 Å². The third kappa shape index (κ3) is 3.98. The maximum absolute atomic E-state index is 12.1. The Morgan fingerprint density at radius 1 is 1.15 bits per heavy atom. The molecule has 0 saturated carbocycles. The van der Waals surface area contributed by atoms with Crippen molar-refractivity contribution in [2.24, 2.45) is 0 Å². The summed E-state index contributed by atoms with van der Waals surface area (Å²) < 4.78 is 6.83. The average Bonchev–Trinajstić information content (AvgIpc) is 3.26. The lowest BCUT2D eigenvalue weighted by molar-refractivity contribution is 0.0875. The molecular formula is C18H15Cl2N3O3. The second kappa shape index (κ2) is 7.76. The molecule has 0 aliphatic carbocycles. The maximum atomic E-state index is 12.1. The molecule has 6 nitrogen and oxygen atoms in total. The largest absolute Gasteiger partial charge is 0.461 e. The number of aromatic nitrogens is 2. The molecule has 0 atom stereocenters. The Balaban J connectivity index is 1.60. The van der Waals surface area contributed by atoms with Gasteiger partial charge in [-0.25, -0.2) is 0 Å². The van der Waals surface area contributed by atoms with Crippen molar-refractivity contribution in [3.63, 3.8) is 0 Å². The van der Waals surface area contributed by atoms with E-state index in [2.05, 4.69) is 10.4 Å². The van der Waals surface area contributed by atoms with E-state index >= 15 is 0 Å². The zero-order valence-corrected chi connectivity index (χ0v) is 15.3. The van der Waals surface area contributed by atoms with Gasteiger partial charge in [-0.3, -0.25) is 9.59 Å². The molecule has 2 heterocycles. The van der Waals surface area contributed by atoms with Gasteiger partial charge in [-0.1, -0.05) is 23.2 Å². The van der Waals surface area contributed by atoms with Crippen LogP contribution < -0.4 is 5.32 Å². The predicted octanol–water partition coefficient (Wildman–Crippen LogP) is 4.08. The Kier molecular flexibility index (Phi) is 5.44. The molecule has 0 aliphatic heterocycles. The third-order valence-corrected chi connectivity index (χ3v) is 4.44. The fourth-order valence-electron chi connectivity index (χ4n) is 2.43. The molecule has 0 unspecified atom stereocenters. The summed E-state index contributed by atoms with van der Waals surface area (Å²) in [4.78, 5) is 23.5. The minimum Gasteiger partial charge on any atom is -0.461 e. The molecule has 1 aromatic carbocycles. The SMILES string of the molecule is CC(=O)n1nccc1C(=O)NCCc1ccc(-c2ccc(Cl)c(Cl)c2)o1. The number of hydrogen-bond acceptors (Lipinski definition) is 4. The normalized spacial score (nSPS) is 10.7. The maximum Gasteiger partial charge on any atom is 0.270 e. The molecule has 2 aromatic heterocycles. The summed E-state index contributed by atoms with van der Waals surface area (Å²) in [7, 11) is 0. The van der Waals surface area contributed by atoms with Crippen molar-refractivity contribution in [3.8, 4) is 11.3 Å². The lowest BCUT2D eigenvalue weighted by atomic mass is 10.2. The molecule has 0 saturated heterocycles. The molecule has 1 N–H and O–H groups in total. The first kappa shape index (κ1) is 18.2. The monoisotopic (exact) mass is 391 g/mol. The second-order valence-electron chi connectivity index (χ2n) is 5.55. The molecule has 0 spiro atoms. The number of halogens is 2. The molecule has 3 rings (SSSR count). The van der Waals surface area contributed by atoms with Gasteiger partial charge in [-0.05, 0) is 36.4 Å². The van der Waals surface area contributed by atoms with Crippen molar-refractivity contribution in [1.82, 2.24) is 15.1 Å². The highest BCUT2D eigenvalue weighted by Crippen LogP contribution is 2.29. The van der Waals surface area contributed by atoms with Crippen molar-refractivity contribution in [3.05, 3.63) is 64.1 Å². The number of carbonyl (C=O) groups is 2. The molecule has 0 aliphatic rings. The van der Waals surface area contributed by atoms with Crippen LogP contribution in [0, 0.1) is 0 Å². The fraction of sp³-hybridized carbons (Fsp3) is 0.167. The van der Waals surface area contributed by atoms with Crippen LogP contribution >= 0.6 is 23.2 Å². The van der Waals surface area contributed by atoms with Gasteiger partial charge in [0, 0.05) is 25.5 Å². The first-order valence-corrected chi connectivity index (χ1v) is 8.58. The Bertz CT molecular complexity index is 962. The molecule has 3 aromatic rings. The van der Waals surface area contributed by atoms with E-state index in [9.17, 15) is 9.59 Å². The minimum atomic E-state index is -0.367. The molecule has 1 amide bonds. The summed E-state index contributed by atoms with van der Waals surface area (Å²) in [5.74, 6) is 0.692. The third-order valence-electron chi connectivity index (χ3n) is 3.70. The highest BCUT2D eigenvalue weighted by atomic mass is 35.5. The summed E-state index contributed by atoms with van der Waals surface area (Å²) in [5, 5.41) is 7.50. The van der Waals surface area contributed by atoms with Gasteiger partial charge in [0.2, 0.25) is 5.91 Å². The molecular weight excluding hydrogens is 377 g/mol. The minimum absolute atomic E-state index is 0.202. The number of amides is 1. The van der Waals surface area contributed by atoms with E-state index in [0.717, 1.165) is 10.2 Å². The summed E-state index contributed by atoms with van der Waals surface area (Å²) >= 11 is 11.9. The van der Waals surface area contributed by atoms with Gasteiger partial charge in [-0.2, -0.15) is 9.78 Å². The van der Waals surface area contributed by atoms with Crippen LogP contribution in [0.15, 0.2) is 47.0 Å². The molecule has 0 bridgehead atoms. The highest BCUT2D eigenvalue weighted by Gasteiger charge is 2.14. The summed E-state index contributed by atoms with van der Waals surface area (Å²) in [6, 6.07) is 10.4. The van der Waals surface area contributed by atoms with Crippen molar-refractivity contribution in [2.45, 2.75) is 13.3 Å². The predicted molar refractivity (Wildman–Crippen MR) is 98.7 cm³/mol. The molecule has 134 valence electrons. The van der Waals surface area contributed by atoms with E-state index in [1.165, 1.54) is 19.2 Å². The number of nitrogens with one attached hydrogen (secondary N) is 1. The molecule has 0 radical (unpaired) electrons. The van der Waals surface area contributed by atoms with Gasteiger partial charge in [0.25, 0.3) is 5.91 Å². The van der Waals surface area contributed by atoms with E-state index in [1.807, 2.05) is 18.2 Å². The lowest BCUT2D eigenvalue weighted by Crippen LogP contribution is -2.29. The number of furan rings is 1. The van der Waals surface area contributed by atoms with E-state index < -0.39 is 0 Å². The van der Waals surface area contributed by atoms with Crippen LogP contribution in [0.25, 0.3) is 11.3 Å². The topological polar surface area (TPSA) is 77.1 Å². The zero-order chi connectivity index (χ0) is 18.7. The van der Waals surface area contributed by atoms with Gasteiger partial charge in [-0.15, -0.1) is 0 Å². The standard InChI is InChI=1S/C18H15Cl2N3O3/c1-11(24)23-16(7-9-22-23)18(25)21-8-6-13-3-5-17(26-13)12-2-4-14(19)15(20)10-12/h2-5,7,9-10H,6,8H2,1H3,(H,21,25). The fourth-order valence-corrected chi connectivity index (χ4v) is 2.73. The van der Waals surface area contributed by atoms with Gasteiger partial charge in [0.15, 0.2) is 0 Å². The first-order valence-electron chi connectivity index (χ1n) is 7.83.